The van der Waals surface area contributed by atoms with Gasteiger partial charge in [-0.25, -0.2) is 0 Å². The number of nitrogens with one attached hydrogen (secondary N) is 1. The van der Waals surface area contributed by atoms with Crippen LogP contribution in [0.5, 0.6) is 11.5 Å². The predicted octanol–water partition coefficient (Wildman–Crippen LogP) is 4.42. The van der Waals surface area contributed by atoms with Gasteiger partial charge >= 0.3 is 0 Å². The molecule has 0 aliphatic carbocycles. The molecule has 0 spiro atoms. The van der Waals surface area contributed by atoms with Crippen LogP contribution in [-0.2, 0) is 4.79 Å². The van der Waals surface area contributed by atoms with E-state index in [0.29, 0.717) is 22.8 Å². The Hall–Kier alpha value is -2.84. The normalized spacial score (nSPS) is 14.9. The first kappa shape index (κ1) is 21.9. The number of hydrogen-bond donors (Lipinski definition) is 1. The molecule has 8 heteroatoms. The van der Waals surface area contributed by atoms with Crippen LogP contribution in [0.2, 0.25) is 0 Å². The molecular weight excluding hydrogens is 420 g/mol. The lowest BCUT2D eigenvalue weighted by Gasteiger charge is -2.15. The van der Waals surface area contributed by atoms with Crippen molar-refractivity contribution in [1.82, 2.24) is 10.4 Å². The first-order chi connectivity index (χ1) is 14.5. The minimum Gasteiger partial charge on any atom is -0.497 e. The Morgan fingerprint density at radius 1 is 1.13 bits per heavy atom. The minimum atomic E-state index is -0.427. The maximum absolute atomic E-state index is 12.7. The summed E-state index contributed by atoms with van der Waals surface area (Å²) in [6, 6.07) is 14.1. The zero-order valence-corrected chi connectivity index (χ0v) is 18.3. The molecule has 0 bridgehead atoms. The van der Waals surface area contributed by atoms with E-state index >= 15 is 0 Å². The van der Waals surface area contributed by atoms with Crippen molar-refractivity contribution in [3.05, 3.63) is 64.6 Å². The molecule has 1 fully saturated rings. The molecular formula is C22H22N2O4S2. The monoisotopic (exact) mass is 442 g/mol. The number of nitrogens with zero attached hydrogens (tertiary/aromatic N) is 1. The molecule has 3 rings (SSSR count). The van der Waals surface area contributed by atoms with Gasteiger partial charge in [-0.2, -0.15) is 5.01 Å². The van der Waals surface area contributed by atoms with E-state index in [1.165, 1.54) is 0 Å². The summed E-state index contributed by atoms with van der Waals surface area (Å²) in [7, 11) is 1.55. The van der Waals surface area contributed by atoms with Crippen molar-refractivity contribution in [3.8, 4) is 11.5 Å². The summed E-state index contributed by atoms with van der Waals surface area (Å²) in [5, 5.41) is 1.10. The smallest absolute Gasteiger partial charge is 0.285 e. The second-order valence-electron chi connectivity index (χ2n) is 6.46. The van der Waals surface area contributed by atoms with E-state index in [9.17, 15) is 9.59 Å². The topological polar surface area (TPSA) is 67.9 Å². The van der Waals surface area contributed by atoms with E-state index in [2.05, 4.69) is 12.3 Å². The number of benzene rings is 2. The average molecular weight is 443 g/mol. The van der Waals surface area contributed by atoms with Crippen LogP contribution < -0.4 is 14.9 Å². The van der Waals surface area contributed by atoms with E-state index in [-0.39, 0.29) is 10.2 Å². The number of hydrazine groups is 1. The van der Waals surface area contributed by atoms with Crippen LogP contribution in [0.4, 0.5) is 0 Å². The standard InChI is InChI=1S/C22H22N2O4S2/c1-3-4-13-28-18-9-5-15(6-10-18)14-19-21(26)24(22(29)30-19)23-20(25)16-7-11-17(27-2)12-8-16/h5-12,14H,3-4,13H2,1-2H3,(H,23,25). The minimum absolute atomic E-state index is 0.271. The molecule has 0 atom stereocenters. The van der Waals surface area contributed by atoms with Crippen LogP contribution in [0.1, 0.15) is 35.7 Å². The van der Waals surface area contributed by atoms with Crippen molar-refractivity contribution in [3.63, 3.8) is 0 Å². The third-order valence-corrected chi connectivity index (χ3v) is 5.61. The van der Waals surface area contributed by atoms with Crippen LogP contribution in [0.25, 0.3) is 6.08 Å². The summed E-state index contributed by atoms with van der Waals surface area (Å²) >= 11 is 6.42. The highest BCUT2D eigenvalue weighted by molar-refractivity contribution is 8.26. The molecule has 0 saturated carbocycles. The molecule has 1 heterocycles. The first-order valence-electron chi connectivity index (χ1n) is 9.47. The van der Waals surface area contributed by atoms with E-state index in [0.717, 1.165) is 40.9 Å². The fourth-order valence-corrected chi connectivity index (χ4v) is 3.80. The Labute approximate surface area is 185 Å². The summed E-state index contributed by atoms with van der Waals surface area (Å²) in [6.45, 7) is 2.80. The lowest BCUT2D eigenvalue weighted by Crippen LogP contribution is -2.44. The summed E-state index contributed by atoms with van der Waals surface area (Å²) < 4.78 is 11.0. The number of thioether (sulfide) groups is 1. The van der Waals surface area contributed by atoms with E-state index in [4.69, 9.17) is 21.7 Å². The van der Waals surface area contributed by atoms with Crippen LogP contribution in [0.15, 0.2) is 53.4 Å². The maximum atomic E-state index is 12.7. The number of rotatable bonds is 8. The number of hydrogen-bond acceptors (Lipinski definition) is 6. The molecule has 0 unspecified atom stereocenters. The molecule has 1 saturated heterocycles. The molecule has 0 aromatic heterocycles. The van der Waals surface area contributed by atoms with Crippen molar-refractivity contribution in [1.29, 1.82) is 0 Å². The molecule has 2 aromatic rings. The molecule has 156 valence electrons. The van der Waals surface area contributed by atoms with Gasteiger partial charge in [0.15, 0.2) is 4.32 Å². The lowest BCUT2D eigenvalue weighted by molar-refractivity contribution is -0.123. The maximum Gasteiger partial charge on any atom is 0.285 e. The second kappa shape index (κ2) is 10.3. The van der Waals surface area contributed by atoms with Crippen LogP contribution >= 0.6 is 24.0 Å². The van der Waals surface area contributed by atoms with Gasteiger partial charge in [-0.15, -0.1) is 0 Å². The van der Waals surface area contributed by atoms with Crippen molar-refractivity contribution in [2.75, 3.05) is 13.7 Å². The average Bonchev–Trinajstić information content (AvgIpc) is 3.02. The SMILES string of the molecule is CCCCOc1ccc(C=C2SC(=S)N(NC(=O)c3ccc(OC)cc3)C2=O)cc1. The van der Waals surface area contributed by atoms with Gasteiger partial charge in [-0.3, -0.25) is 15.0 Å². The van der Waals surface area contributed by atoms with Gasteiger partial charge in [0, 0.05) is 5.56 Å². The number of ether oxygens (including phenoxy) is 2. The van der Waals surface area contributed by atoms with Crippen molar-refractivity contribution >= 4 is 46.2 Å². The Kier molecular flexibility index (Phi) is 7.48. The Morgan fingerprint density at radius 3 is 2.43 bits per heavy atom. The van der Waals surface area contributed by atoms with Gasteiger partial charge in [-0.05, 0) is 66.7 Å². The number of unbranched alkanes of at least 4 members (excludes halogenated alkanes) is 1. The highest BCUT2D eigenvalue weighted by Crippen LogP contribution is 2.31. The number of thiocarbonyl (C=S) groups is 1. The van der Waals surface area contributed by atoms with Gasteiger partial charge in [0.05, 0.1) is 18.6 Å². The molecule has 1 aliphatic heterocycles. The summed E-state index contributed by atoms with van der Waals surface area (Å²) in [5.41, 5.74) is 3.81. The third kappa shape index (κ3) is 5.40. The van der Waals surface area contributed by atoms with Gasteiger partial charge in [0.25, 0.3) is 11.8 Å². The third-order valence-electron chi connectivity index (χ3n) is 4.30. The quantitative estimate of drug-likeness (QED) is 0.371. The van der Waals surface area contributed by atoms with E-state index < -0.39 is 5.91 Å². The van der Waals surface area contributed by atoms with Crippen molar-refractivity contribution < 1.29 is 19.1 Å². The summed E-state index contributed by atoms with van der Waals surface area (Å²) in [6.07, 6.45) is 3.83. The van der Waals surface area contributed by atoms with Crippen LogP contribution in [-0.4, -0.2) is 34.9 Å². The molecule has 2 aromatic carbocycles. The van der Waals surface area contributed by atoms with Crippen LogP contribution in [0.3, 0.4) is 0 Å². The van der Waals surface area contributed by atoms with Gasteiger partial charge in [0.1, 0.15) is 11.5 Å². The Morgan fingerprint density at radius 2 is 1.80 bits per heavy atom. The number of amides is 2. The molecule has 2 amide bonds. The van der Waals surface area contributed by atoms with Gasteiger partial charge < -0.3 is 9.47 Å². The van der Waals surface area contributed by atoms with Crippen molar-refractivity contribution in [2.24, 2.45) is 0 Å². The zero-order chi connectivity index (χ0) is 21.5. The second-order valence-corrected chi connectivity index (χ2v) is 8.13. The van der Waals surface area contributed by atoms with Gasteiger partial charge in [0.2, 0.25) is 0 Å². The van der Waals surface area contributed by atoms with Crippen LogP contribution in [0, 0.1) is 0 Å². The Bertz CT molecular complexity index is 956. The summed E-state index contributed by atoms with van der Waals surface area (Å²) in [4.78, 5) is 25.6. The summed E-state index contributed by atoms with van der Waals surface area (Å²) in [5.74, 6) is 0.640. The largest absolute Gasteiger partial charge is 0.497 e. The van der Waals surface area contributed by atoms with E-state index in [1.807, 2.05) is 24.3 Å². The highest BCUT2D eigenvalue weighted by atomic mass is 32.2. The highest BCUT2D eigenvalue weighted by Gasteiger charge is 2.33. The van der Waals surface area contributed by atoms with E-state index in [1.54, 1.807) is 37.5 Å². The molecule has 30 heavy (non-hydrogen) atoms. The first-order valence-corrected chi connectivity index (χ1v) is 10.7. The van der Waals surface area contributed by atoms with Gasteiger partial charge in [-0.1, -0.05) is 37.2 Å². The molecule has 1 N–H and O–H groups in total. The fraction of sp³-hybridized carbons (Fsp3) is 0.227. The molecule has 0 radical (unpaired) electrons. The Balaban J connectivity index is 1.65. The number of carbonyl (C=O) groups is 2. The predicted molar refractivity (Wildman–Crippen MR) is 122 cm³/mol. The van der Waals surface area contributed by atoms with Crippen molar-refractivity contribution in [2.45, 2.75) is 19.8 Å². The molecule has 1 aliphatic rings. The molecule has 6 nitrogen and oxygen atoms in total. The lowest BCUT2D eigenvalue weighted by atomic mass is 10.2. The number of carbonyl (C=O) groups excluding carboxylic acids is 2. The fourth-order valence-electron chi connectivity index (χ4n) is 2.62. The zero-order valence-electron chi connectivity index (χ0n) is 16.7. The number of methoxy groups -OCH3 is 1.